The number of carbonyl (C=O) groups is 1. The molecule has 0 spiro atoms. The fourth-order valence-electron chi connectivity index (χ4n) is 2.28. The summed E-state index contributed by atoms with van der Waals surface area (Å²) in [6, 6.07) is 3.00. The standard InChI is InChI=1S/C14H18F2N2O2/c1-8(5-9-11(15)3-2-4-12(9)16)18-14(19)10-6-20-7-13(10)17/h2-4,8,10,13H,5-7,17H2,1H3,(H,18,19). The number of hydrogen-bond donors (Lipinski definition) is 2. The molecule has 0 aliphatic carbocycles. The predicted molar refractivity (Wildman–Crippen MR) is 70.0 cm³/mol. The topological polar surface area (TPSA) is 64.3 Å². The molecule has 0 bridgehead atoms. The summed E-state index contributed by atoms with van der Waals surface area (Å²) in [4.78, 5) is 12.0. The van der Waals surface area contributed by atoms with Gasteiger partial charge in [-0.15, -0.1) is 0 Å². The Morgan fingerprint density at radius 3 is 2.65 bits per heavy atom. The molecule has 3 N–H and O–H groups in total. The van der Waals surface area contributed by atoms with E-state index in [1.54, 1.807) is 6.92 Å². The van der Waals surface area contributed by atoms with Gasteiger partial charge in [-0.3, -0.25) is 4.79 Å². The summed E-state index contributed by atoms with van der Waals surface area (Å²) in [6.45, 7) is 2.34. The zero-order valence-corrected chi connectivity index (χ0v) is 11.2. The Labute approximate surface area is 116 Å². The maximum absolute atomic E-state index is 13.5. The van der Waals surface area contributed by atoms with Crippen LogP contribution in [-0.2, 0) is 16.0 Å². The van der Waals surface area contributed by atoms with Crippen LogP contribution in [0.2, 0.25) is 0 Å². The third kappa shape index (κ3) is 3.32. The van der Waals surface area contributed by atoms with E-state index in [1.165, 1.54) is 18.2 Å². The number of amides is 1. The van der Waals surface area contributed by atoms with Crippen molar-refractivity contribution in [3.05, 3.63) is 35.4 Å². The molecular weight excluding hydrogens is 266 g/mol. The third-order valence-electron chi connectivity index (χ3n) is 3.42. The minimum absolute atomic E-state index is 0.0210. The number of carbonyl (C=O) groups excluding carboxylic acids is 1. The minimum Gasteiger partial charge on any atom is -0.379 e. The molecule has 1 aliphatic rings. The second kappa shape index (κ2) is 6.28. The second-order valence-corrected chi connectivity index (χ2v) is 5.12. The summed E-state index contributed by atoms with van der Waals surface area (Å²) in [5, 5.41) is 2.72. The highest BCUT2D eigenvalue weighted by Gasteiger charge is 2.32. The molecule has 3 atom stereocenters. The lowest BCUT2D eigenvalue weighted by molar-refractivity contribution is -0.125. The van der Waals surface area contributed by atoms with Crippen LogP contribution in [0.5, 0.6) is 0 Å². The molecule has 0 aromatic heterocycles. The van der Waals surface area contributed by atoms with Crippen molar-refractivity contribution in [3.63, 3.8) is 0 Å². The Morgan fingerprint density at radius 1 is 1.45 bits per heavy atom. The first-order chi connectivity index (χ1) is 9.49. The van der Waals surface area contributed by atoms with Crippen molar-refractivity contribution < 1.29 is 18.3 Å². The molecule has 20 heavy (non-hydrogen) atoms. The van der Waals surface area contributed by atoms with Crippen LogP contribution in [0.3, 0.4) is 0 Å². The molecule has 110 valence electrons. The van der Waals surface area contributed by atoms with Crippen LogP contribution in [0, 0.1) is 17.6 Å². The molecule has 1 saturated heterocycles. The molecule has 1 fully saturated rings. The van der Waals surface area contributed by atoms with Gasteiger partial charge >= 0.3 is 0 Å². The van der Waals surface area contributed by atoms with E-state index in [0.717, 1.165) is 0 Å². The van der Waals surface area contributed by atoms with Crippen LogP contribution in [-0.4, -0.2) is 31.2 Å². The zero-order valence-electron chi connectivity index (χ0n) is 11.2. The molecule has 4 nitrogen and oxygen atoms in total. The van der Waals surface area contributed by atoms with Crippen molar-refractivity contribution >= 4 is 5.91 Å². The van der Waals surface area contributed by atoms with Crippen LogP contribution in [0.25, 0.3) is 0 Å². The summed E-state index contributed by atoms with van der Waals surface area (Å²) >= 11 is 0. The molecule has 3 unspecified atom stereocenters. The summed E-state index contributed by atoms with van der Waals surface area (Å²) in [5.41, 5.74) is 5.73. The van der Waals surface area contributed by atoms with Gasteiger partial charge in [0.05, 0.1) is 19.1 Å². The van der Waals surface area contributed by atoms with E-state index in [-0.39, 0.29) is 36.6 Å². The summed E-state index contributed by atoms with van der Waals surface area (Å²) in [7, 11) is 0. The fraction of sp³-hybridized carbons (Fsp3) is 0.500. The van der Waals surface area contributed by atoms with Crippen molar-refractivity contribution in [1.82, 2.24) is 5.32 Å². The van der Waals surface area contributed by atoms with Gasteiger partial charge in [0.1, 0.15) is 11.6 Å². The quantitative estimate of drug-likeness (QED) is 0.866. The Balaban J connectivity index is 1.95. The van der Waals surface area contributed by atoms with Gasteiger partial charge in [-0.25, -0.2) is 8.78 Å². The van der Waals surface area contributed by atoms with E-state index in [1.807, 2.05) is 0 Å². The molecule has 1 aliphatic heterocycles. The smallest absolute Gasteiger partial charge is 0.227 e. The Bertz CT molecular complexity index is 476. The molecule has 1 aromatic rings. The van der Waals surface area contributed by atoms with Gasteiger partial charge in [-0.05, 0) is 25.5 Å². The highest BCUT2D eigenvalue weighted by Crippen LogP contribution is 2.15. The molecular formula is C14H18F2N2O2. The van der Waals surface area contributed by atoms with Crippen LogP contribution < -0.4 is 11.1 Å². The van der Waals surface area contributed by atoms with Crippen molar-refractivity contribution in [2.75, 3.05) is 13.2 Å². The molecule has 0 radical (unpaired) electrons. The average Bonchev–Trinajstić information content (AvgIpc) is 2.80. The second-order valence-electron chi connectivity index (χ2n) is 5.12. The summed E-state index contributed by atoms with van der Waals surface area (Å²) in [5.74, 6) is -1.85. The third-order valence-corrected chi connectivity index (χ3v) is 3.42. The van der Waals surface area contributed by atoms with Gasteiger partial charge in [0.25, 0.3) is 0 Å². The maximum Gasteiger partial charge on any atom is 0.227 e. The van der Waals surface area contributed by atoms with E-state index in [4.69, 9.17) is 10.5 Å². The molecule has 6 heteroatoms. The molecule has 0 saturated carbocycles. The Hall–Kier alpha value is -1.53. The maximum atomic E-state index is 13.5. The van der Waals surface area contributed by atoms with E-state index < -0.39 is 17.6 Å². The van der Waals surface area contributed by atoms with Crippen molar-refractivity contribution in [2.45, 2.75) is 25.4 Å². The lowest BCUT2D eigenvalue weighted by atomic mass is 10.0. The van der Waals surface area contributed by atoms with Crippen LogP contribution in [0.4, 0.5) is 8.78 Å². The molecule has 2 rings (SSSR count). The first-order valence-electron chi connectivity index (χ1n) is 6.55. The average molecular weight is 284 g/mol. The van der Waals surface area contributed by atoms with Crippen LogP contribution in [0.15, 0.2) is 18.2 Å². The Kier molecular flexibility index (Phi) is 4.67. The van der Waals surface area contributed by atoms with E-state index in [2.05, 4.69) is 5.32 Å². The lowest BCUT2D eigenvalue weighted by Gasteiger charge is -2.19. The van der Waals surface area contributed by atoms with Gasteiger partial charge in [0, 0.05) is 17.6 Å². The van der Waals surface area contributed by atoms with Gasteiger partial charge < -0.3 is 15.8 Å². The highest BCUT2D eigenvalue weighted by molar-refractivity contribution is 5.80. The van der Waals surface area contributed by atoms with Crippen LogP contribution in [0.1, 0.15) is 12.5 Å². The number of benzene rings is 1. The predicted octanol–water partition coefficient (Wildman–Crippen LogP) is 0.986. The zero-order chi connectivity index (χ0) is 14.7. The number of halogens is 2. The largest absolute Gasteiger partial charge is 0.379 e. The molecule has 1 amide bonds. The van der Waals surface area contributed by atoms with Gasteiger partial charge in [0.15, 0.2) is 0 Å². The summed E-state index contributed by atoms with van der Waals surface area (Å²) in [6.07, 6.45) is 0.0903. The number of nitrogens with one attached hydrogen (secondary N) is 1. The fourth-order valence-corrected chi connectivity index (χ4v) is 2.28. The molecule has 1 heterocycles. The van der Waals surface area contributed by atoms with Gasteiger partial charge in [0.2, 0.25) is 5.91 Å². The summed E-state index contributed by atoms with van der Waals surface area (Å²) < 4.78 is 32.2. The van der Waals surface area contributed by atoms with Gasteiger partial charge in [-0.2, -0.15) is 0 Å². The highest BCUT2D eigenvalue weighted by atomic mass is 19.1. The number of nitrogens with two attached hydrogens (primary N) is 1. The van der Waals surface area contributed by atoms with Crippen molar-refractivity contribution in [3.8, 4) is 0 Å². The van der Waals surface area contributed by atoms with Crippen molar-refractivity contribution in [1.29, 1.82) is 0 Å². The monoisotopic (exact) mass is 284 g/mol. The minimum atomic E-state index is -0.605. The SMILES string of the molecule is CC(Cc1c(F)cccc1F)NC(=O)C1COCC1N. The number of hydrogen-bond acceptors (Lipinski definition) is 3. The van der Waals surface area contributed by atoms with Crippen molar-refractivity contribution in [2.24, 2.45) is 11.7 Å². The lowest BCUT2D eigenvalue weighted by Crippen LogP contribution is -2.44. The van der Waals surface area contributed by atoms with E-state index in [0.29, 0.717) is 6.61 Å². The normalized spacial score (nSPS) is 23.6. The van der Waals surface area contributed by atoms with E-state index >= 15 is 0 Å². The first kappa shape index (κ1) is 14.9. The number of rotatable bonds is 4. The van der Waals surface area contributed by atoms with Crippen LogP contribution >= 0.6 is 0 Å². The first-order valence-corrected chi connectivity index (χ1v) is 6.55. The van der Waals surface area contributed by atoms with E-state index in [9.17, 15) is 13.6 Å². The number of ether oxygens (including phenoxy) is 1. The Morgan fingerprint density at radius 2 is 2.10 bits per heavy atom. The van der Waals surface area contributed by atoms with Gasteiger partial charge in [-0.1, -0.05) is 6.07 Å². The molecule has 1 aromatic carbocycles.